The van der Waals surface area contributed by atoms with Crippen LogP contribution in [0, 0.1) is 11.3 Å². The molecule has 0 radical (unpaired) electrons. The SMILES string of the molecule is O=C1CO[C@H]2CCN(C(=O)N3CC4(CC(Cc5ccc6c(C(F)(F)F)noc6c5)C4)C3)C[C@H]2N1. The zero-order valence-corrected chi connectivity index (χ0v) is 18.4. The van der Waals surface area contributed by atoms with E-state index in [2.05, 4.69) is 10.5 Å². The molecule has 1 aromatic heterocycles. The summed E-state index contributed by atoms with van der Waals surface area (Å²) in [6.45, 7) is 2.65. The van der Waals surface area contributed by atoms with Gasteiger partial charge in [-0.1, -0.05) is 11.2 Å². The van der Waals surface area contributed by atoms with Gasteiger partial charge in [-0.25, -0.2) is 4.79 Å². The highest BCUT2D eigenvalue weighted by Crippen LogP contribution is 2.53. The first-order valence-electron chi connectivity index (χ1n) is 11.6. The molecule has 3 saturated heterocycles. The van der Waals surface area contributed by atoms with Crippen molar-refractivity contribution in [2.75, 3.05) is 32.8 Å². The number of nitrogens with one attached hydrogen (secondary N) is 1. The monoisotopic (exact) mass is 478 g/mol. The molecule has 34 heavy (non-hydrogen) atoms. The van der Waals surface area contributed by atoms with E-state index in [1.54, 1.807) is 17.0 Å². The number of alkyl halides is 3. The van der Waals surface area contributed by atoms with Crippen LogP contribution in [0.15, 0.2) is 22.7 Å². The van der Waals surface area contributed by atoms with Crippen molar-refractivity contribution in [2.24, 2.45) is 11.3 Å². The molecule has 6 rings (SSSR count). The van der Waals surface area contributed by atoms with Crippen LogP contribution in [-0.2, 0) is 22.1 Å². The number of urea groups is 1. The topological polar surface area (TPSA) is 87.9 Å². The lowest BCUT2D eigenvalue weighted by atomic mass is 9.56. The minimum Gasteiger partial charge on any atom is -0.366 e. The Morgan fingerprint density at radius 1 is 1.24 bits per heavy atom. The molecule has 4 aliphatic rings. The average molecular weight is 478 g/mol. The van der Waals surface area contributed by atoms with Gasteiger partial charge < -0.3 is 24.4 Å². The zero-order chi connectivity index (χ0) is 23.7. The number of hydrogen-bond acceptors (Lipinski definition) is 5. The molecule has 11 heteroatoms. The molecule has 0 bridgehead atoms. The second kappa shape index (κ2) is 7.59. The highest BCUT2D eigenvalue weighted by Gasteiger charge is 2.54. The van der Waals surface area contributed by atoms with Crippen molar-refractivity contribution in [3.8, 4) is 0 Å². The van der Waals surface area contributed by atoms with Crippen LogP contribution < -0.4 is 5.32 Å². The normalized spacial score (nSPS) is 26.7. The first-order valence-corrected chi connectivity index (χ1v) is 11.6. The van der Waals surface area contributed by atoms with Crippen LogP contribution in [0.25, 0.3) is 11.0 Å². The van der Waals surface area contributed by atoms with Gasteiger partial charge in [-0.2, -0.15) is 13.2 Å². The van der Waals surface area contributed by atoms with Crippen molar-refractivity contribution in [1.29, 1.82) is 0 Å². The van der Waals surface area contributed by atoms with Crippen molar-refractivity contribution in [1.82, 2.24) is 20.3 Å². The summed E-state index contributed by atoms with van der Waals surface area (Å²) in [5.41, 5.74) is 0.255. The number of carbonyl (C=O) groups excluding carboxylic acids is 2. The number of carbonyl (C=O) groups is 2. The van der Waals surface area contributed by atoms with Gasteiger partial charge in [-0.05, 0) is 49.3 Å². The summed E-state index contributed by atoms with van der Waals surface area (Å²) < 4.78 is 49.4. The number of fused-ring (bicyclic) bond motifs is 2. The molecular formula is C23H25F3N4O4. The number of halogens is 3. The van der Waals surface area contributed by atoms with Gasteiger partial charge in [-0.3, -0.25) is 4.79 Å². The third kappa shape index (κ3) is 3.70. The van der Waals surface area contributed by atoms with Crippen LogP contribution in [0.5, 0.6) is 0 Å². The van der Waals surface area contributed by atoms with Crippen molar-refractivity contribution >= 4 is 22.9 Å². The molecule has 8 nitrogen and oxygen atoms in total. The summed E-state index contributed by atoms with van der Waals surface area (Å²) in [7, 11) is 0. The maximum atomic E-state index is 13.0. The molecule has 1 spiro atoms. The van der Waals surface area contributed by atoms with Crippen molar-refractivity contribution in [3.05, 3.63) is 29.5 Å². The molecule has 3 amide bonds. The van der Waals surface area contributed by atoms with Gasteiger partial charge in [0.1, 0.15) is 6.61 Å². The van der Waals surface area contributed by atoms with Crippen LogP contribution in [0.1, 0.15) is 30.5 Å². The number of hydrogen-bond donors (Lipinski definition) is 1. The number of rotatable bonds is 2. The minimum absolute atomic E-state index is 0.0159. The number of benzene rings is 1. The fourth-order valence-electron chi connectivity index (χ4n) is 6.19. The Hall–Kier alpha value is -2.82. The summed E-state index contributed by atoms with van der Waals surface area (Å²) in [5.74, 6) is 0.298. The maximum absolute atomic E-state index is 13.0. The largest absolute Gasteiger partial charge is 0.437 e. The second-order valence-electron chi connectivity index (χ2n) is 10.2. The molecule has 1 aromatic carbocycles. The van der Waals surface area contributed by atoms with Crippen LogP contribution in [0.2, 0.25) is 0 Å². The molecule has 4 heterocycles. The van der Waals surface area contributed by atoms with Crippen LogP contribution in [0.3, 0.4) is 0 Å². The van der Waals surface area contributed by atoms with E-state index in [4.69, 9.17) is 9.26 Å². The summed E-state index contributed by atoms with van der Waals surface area (Å²) in [5, 5.41) is 6.09. The van der Waals surface area contributed by atoms with E-state index in [1.807, 2.05) is 4.90 Å². The number of nitrogens with zero attached hydrogens (tertiary/aromatic N) is 3. The Balaban J connectivity index is 1.00. The summed E-state index contributed by atoms with van der Waals surface area (Å²) in [6, 6.07) is 4.68. The highest BCUT2D eigenvalue weighted by atomic mass is 19.4. The first-order chi connectivity index (χ1) is 16.2. The van der Waals surface area contributed by atoms with E-state index in [0.29, 0.717) is 19.0 Å². The Labute approximate surface area is 193 Å². The predicted molar refractivity (Wildman–Crippen MR) is 113 cm³/mol. The molecule has 1 saturated carbocycles. The van der Waals surface area contributed by atoms with Crippen LogP contribution in [-0.4, -0.2) is 71.8 Å². The Morgan fingerprint density at radius 3 is 2.79 bits per heavy atom. The molecule has 2 aromatic rings. The van der Waals surface area contributed by atoms with Gasteiger partial charge in [0, 0.05) is 31.6 Å². The molecule has 2 atom stereocenters. The number of amides is 3. The van der Waals surface area contributed by atoms with Crippen LogP contribution >= 0.6 is 0 Å². The smallest absolute Gasteiger partial charge is 0.366 e. The summed E-state index contributed by atoms with van der Waals surface area (Å²) >= 11 is 0. The van der Waals surface area contributed by atoms with E-state index >= 15 is 0 Å². The fourth-order valence-corrected chi connectivity index (χ4v) is 6.19. The number of ether oxygens (including phenoxy) is 1. The van der Waals surface area contributed by atoms with Crippen LogP contribution in [0.4, 0.5) is 18.0 Å². The summed E-state index contributed by atoms with van der Waals surface area (Å²) in [6.07, 6.45) is -1.08. The zero-order valence-electron chi connectivity index (χ0n) is 18.4. The van der Waals surface area contributed by atoms with E-state index < -0.39 is 11.9 Å². The Bertz CT molecular complexity index is 1130. The lowest BCUT2D eigenvalue weighted by molar-refractivity contribution is -0.141. The number of piperidine rings is 1. The molecule has 182 valence electrons. The summed E-state index contributed by atoms with van der Waals surface area (Å²) in [4.78, 5) is 28.2. The lowest BCUT2D eigenvalue weighted by Gasteiger charge is -2.60. The average Bonchev–Trinajstić information content (AvgIpc) is 3.17. The Kier molecular flexibility index (Phi) is 4.84. The van der Waals surface area contributed by atoms with E-state index in [1.165, 1.54) is 6.07 Å². The predicted octanol–water partition coefficient (Wildman–Crippen LogP) is 2.81. The molecular weight excluding hydrogens is 453 g/mol. The molecule has 1 N–H and O–H groups in total. The van der Waals surface area contributed by atoms with Gasteiger partial charge >= 0.3 is 12.2 Å². The quantitative estimate of drug-likeness (QED) is 0.717. The minimum atomic E-state index is -4.53. The van der Waals surface area contributed by atoms with Crippen molar-refractivity contribution in [2.45, 2.75) is 44.0 Å². The van der Waals surface area contributed by atoms with E-state index in [0.717, 1.165) is 44.3 Å². The number of aromatic nitrogens is 1. The third-order valence-corrected chi connectivity index (χ3v) is 7.69. The van der Waals surface area contributed by atoms with Crippen molar-refractivity contribution < 1.29 is 32.0 Å². The van der Waals surface area contributed by atoms with Gasteiger partial charge in [0.25, 0.3) is 0 Å². The highest BCUT2D eigenvalue weighted by molar-refractivity contribution is 5.81. The molecule has 4 fully saturated rings. The second-order valence-corrected chi connectivity index (χ2v) is 10.2. The Morgan fingerprint density at radius 2 is 2.03 bits per heavy atom. The number of morpholine rings is 1. The maximum Gasteiger partial charge on any atom is 0.437 e. The van der Waals surface area contributed by atoms with Gasteiger partial charge in [0.2, 0.25) is 5.91 Å². The standard InChI is InChI=1S/C23H25F3N4O4/c24-23(25,26)20-15-2-1-13(6-18(15)34-28-20)5-14-7-22(8-14)11-30(12-22)21(32)29-4-3-17-16(9-29)27-19(31)10-33-17/h1-2,6,14,16-17H,3-5,7-12H2,(H,27,31)/t16-,17+/m1/s1. The van der Waals surface area contributed by atoms with Gasteiger partial charge in [0.15, 0.2) is 11.3 Å². The van der Waals surface area contributed by atoms with Gasteiger partial charge in [-0.15, -0.1) is 0 Å². The van der Waals surface area contributed by atoms with Gasteiger partial charge in [0.05, 0.1) is 17.5 Å². The first kappa shape index (κ1) is 21.7. The third-order valence-electron chi connectivity index (χ3n) is 7.69. The molecule has 3 aliphatic heterocycles. The lowest BCUT2D eigenvalue weighted by Crippen LogP contribution is -2.68. The van der Waals surface area contributed by atoms with E-state index in [9.17, 15) is 22.8 Å². The molecule has 0 unspecified atom stereocenters. The fraction of sp³-hybridized carbons (Fsp3) is 0.609. The van der Waals surface area contributed by atoms with Crippen molar-refractivity contribution in [3.63, 3.8) is 0 Å². The number of likely N-dealkylation sites (tertiary alicyclic amines) is 2. The molecule has 1 aliphatic carbocycles. The van der Waals surface area contributed by atoms with E-state index in [-0.39, 0.29) is 47.1 Å².